The van der Waals surface area contributed by atoms with Crippen LogP contribution in [0.4, 0.5) is 10.7 Å². The molecule has 0 unspecified atom stereocenters. The second kappa shape index (κ2) is 10.3. The van der Waals surface area contributed by atoms with Gasteiger partial charge >= 0.3 is 0 Å². The third kappa shape index (κ3) is 4.76. The van der Waals surface area contributed by atoms with Gasteiger partial charge in [0.25, 0.3) is 21.8 Å². The molecule has 0 bridgehead atoms. The highest BCUT2D eigenvalue weighted by atomic mass is 32.2. The first-order valence-corrected chi connectivity index (χ1v) is 14.7. The van der Waals surface area contributed by atoms with E-state index in [-0.39, 0.29) is 16.7 Å². The molecule has 0 radical (unpaired) electrons. The minimum absolute atomic E-state index is 0.137. The molecule has 2 aromatic carbocycles. The number of benzene rings is 2. The van der Waals surface area contributed by atoms with Crippen LogP contribution in [0.3, 0.4) is 0 Å². The maximum atomic E-state index is 13.4. The molecule has 3 heterocycles. The first kappa shape index (κ1) is 25.4. The van der Waals surface area contributed by atoms with Crippen LogP contribution < -0.4 is 14.9 Å². The maximum absolute atomic E-state index is 13.4. The van der Waals surface area contributed by atoms with E-state index in [1.807, 2.05) is 24.3 Å². The number of amides is 2. The van der Waals surface area contributed by atoms with Crippen molar-refractivity contribution in [1.29, 1.82) is 0 Å². The van der Waals surface area contributed by atoms with Gasteiger partial charge in [0.15, 0.2) is 0 Å². The number of nitrogens with one attached hydrogen (secondary N) is 2. The molecule has 8 nitrogen and oxygen atoms in total. The maximum Gasteiger partial charge on any atom is 0.264 e. The van der Waals surface area contributed by atoms with Crippen LogP contribution >= 0.6 is 11.3 Å². The Morgan fingerprint density at radius 1 is 1.00 bits per heavy atom. The van der Waals surface area contributed by atoms with Crippen molar-refractivity contribution in [3.05, 3.63) is 75.7 Å². The van der Waals surface area contributed by atoms with E-state index in [0.717, 1.165) is 54.9 Å². The number of para-hydroxylation sites is 1. The molecular weight excluding hydrogens is 508 g/mol. The van der Waals surface area contributed by atoms with Crippen LogP contribution in [0.2, 0.25) is 0 Å². The predicted molar refractivity (Wildman–Crippen MR) is 146 cm³/mol. The zero-order valence-electron chi connectivity index (χ0n) is 20.9. The Kier molecular flexibility index (Phi) is 7.06. The Morgan fingerprint density at radius 3 is 2.49 bits per heavy atom. The first-order valence-electron chi connectivity index (χ1n) is 12.4. The Morgan fingerprint density at radius 2 is 1.76 bits per heavy atom. The van der Waals surface area contributed by atoms with Crippen molar-refractivity contribution in [3.8, 4) is 0 Å². The minimum Gasteiger partial charge on any atom is -0.355 e. The molecular formula is C27H30N4O4S2. The highest BCUT2D eigenvalue weighted by molar-refractivity contribution is 7.92. The SMILES string of the molecule is CCN1CCc2c(sc(NC(=O)c3ccc(S(=O)(=O)N4CCCc5ccccc54)cc3)c2C(=O)NC)C1. The number of carbonyl (C=O) groups is 2. The van der Waals surface area contributed by atoms with Crippen LogP contribution in [-0.2, 0) is 29.4 Å². The van der Waals surface area contributed by atoms with Crippen LogP contribution in [0.5, 0.6) is 0 Å². The molecule has 0 aliphatic carbocycles. The van der Waals surface area contributed by atoms with E-state index in [1.165, 1.54) is 39.9 Å². The third-order valence-electron chi connectivity index (χ3n) is 7.04. The zero-order chi connectivity index (χ0) is 26.2. The summed E-state index contributed by atoms with van der Waals surface area (Å²) in [6.45, 7) is 5.07. The molecule has 0 atom stereocenters. The van der Waals surface area contributed by atoms with Crippen molar-refractivity contribution in [2.45, 2.75) is 37.6 Å². The van der Waals surface area contributed by atoms with Gasteiger partial charge in [0, 0.05) is 37.1 Å². The fourth-order valence-corrected chi connectivity index (χ4v) is 7.83. The molecule has 0 fully saturated rings. The van der Waals surface area contributed by atoms with Crippen LogP contribution in [0.1, 0.15) is 50.1 Å². The summed E-state index contributed by atoms with van der Waals surface area (Å²) in [6.07, 6.45) is 2.36. The van der Waals surface area contributed by atoms with E-state index in [9.17, 15) is 18.0 Å². The van der Waals surface area contributed by atoms with E-state index in [1.54, 1.807) is 7.05 Å². The number of rotatable bonds is 6. The molecule has 37 heavy (non-hydrogen) atoms. The van der Waals surface area contributed by atoms with Crippen molar-refractivity contribution in [3.63, 3.8) is 0 Å². The fourth-order valence-electron chi connectivity index (χ4n) is 5.01. The standard InChI is InChI=1S/C27H30N4O4S2/c1-3-30-16-14-21-23(17-30)36-27(24(21)26(33)28-2)29-25(32)19-10-12-20(13-11-19)37(34,35)31-15-6-8-18-7-4-5-9-22(18)31/h4-5,7,9-13H,3,6,8,14-17H2,1-2H3,(H,28,33)(H,29,32). The summed E-state index contributed by atoms with van der Waals surface area (Å²) < 4.78 is 28.3. The van der Waals surface area contributed by atoms with Crippen molar-refractivity contribution < 1.29 is 18.0 Å². The van der Waals surface area contributed by atoms with Gasteiger partial charge in [0.05, 0.1) is 16.1 Å². The van der Waals surface area contributed by atoms with Crippen molar-refractivity contribution in [2.24, 2.45) is 0 Å². The minimum atomic E-state index is -3.76. The van der Waals surface area contributed by atoms with Gasteiger partial charge in [0.2, 0.25) is 0 Å². The van der Waals surface area contributed by atoms with E-state index in [4.69, 9.17) is 0 Å². The molecule has 10 heteroatoms. The molecule has 2 aliphatic heterocycles. The number of thiophene rings is 1. The van der Waals surface area contributed by atoms with Gasteiger partial charge in [-0.25, -0.2) is 8.42 Å². The topological polar surface area (TPSA) is 98.8 Å². The number of aryl methyl sites for hydroxylation is 1. The third-order valence-corrected chi connectivity index (χ3v) is 10.00. The molecule has 194 valence electrons. The monoisotopic (exact) mass is 538 g/mol. The average molecular weight is 539 g/mol. The Labute approximate surface area is 221 Å². The molecule has 0 saturated heterocycles. The van der Waals surface area contributed by atoms with Crippen LogP contribution in [-0.4, -0.2) is 51.8 Å². The summed E-state index contributed by atoms with van der Waals surface area (Å²) in [5.74, 6) is -0.607. The van der Waals surface area contributed by atoms with Crippen LogP contribution in [0.15, 0.2) is 53.4 Å². The summed E-state index contributed by atoms with van der Waals surface area (Å²) >= 11 is 1.43. The average Bonchev–Trinajstić information content (AvgIpc) is 3.29. The van der Waals surface area contributed by atoms with E-state index >= 15 is 0 Å². The number of fused-ring (bicyclic) bond motifs is 2. The van der Waals surface area contributed by atoms with Gasteiger partial charge in [-0.15, -0.1) is 11.3 Å². The molecule has 0 spiro atoms. The van der Waals surface area contributed by atoms with E-state index < -0.39 is 10.0 Å². The van der Waals surface area contributed by atoms with Crippen LogP contribution in [0, 0.1) is 0 Å². The molecule has 5 rings (SSSR count). The molecule has 3 aromatic rings. The number of sulfonamides is 1. The smallest absolute Gasteiger partial charge is 0.264 e. The highest BCUT2D eigenvalue weighted by Gasteiger charge is 2.30. The van der Waals surface area contributed by atoms with E-state index in [0.29, 0.717) is 28.4 Å². The number of hydrogen-bond acceptors (Lipinski definition) is 6. The number of anilines is 2. The second-order valence-electron chi connectivity index (χ2n) is 9.19. The Balaban J connectivity index is 1.38. The summed E-state index contributed by atoms with van der Waals surface area (Å²) in [6, 6.07) is 13.5. The van der Waals surface area contributed by atoms with Gasteiger partial charge in [-0.05, 0) is 67.3 Å². The zero-order valence-corrected chi connectivity index (χ0v) is 22.5. The first-order chi connectivity index (χ1) is 17.8. The second-order valence-corrected chi connectivity index (χ2v) is 12.2. The van der Waals surface area contributed by atoms with Crippen molar-refractivity contribution >= 4 is 43.9 Å². The van der Waals surface area contributed by atoms with Gasteiger partial charge < -0.3 is 10.6 Å². The van der Waals surface area contributed by atoms with Gasteiger partial charge in [-0.3, -0.25) is 18.8 Å². The molecule has 0 saturated carbocycles. The molecule has 1 aromatic heterocycles. The lowest BCUT2D eigenvalue weighted by Crippen LogP contribution is -2.35. The van der Waals surface area contributed by atoms with Crippen LogP contribution in [0.25, 0.3) is 0 Å². The number of likely N-dealkylation sites (N-methyl/N-ethyl adjacent to an activating group) is 1. The molecule has 2 N–H and O–H groups in total. The lowest BCUT2D eigenvalue weighted by Gasteiger charge is -2.30. The Hall–Kier alpha value is -3.21. The lowest BCUT2D eigenvalue weighted by atomic mass is 10.0. The summed E-state index contributed by atoms with van der Waals surface area (Å²) in [5, 5.41) is 6.12. The number of nitrogens with zero attached hydrogens (tertiary/aromatic N) is 2. The number of carbonyl (C=O) groups excluding carboxylic acids is 2. The Bertz CT molecular complexity index is 1450. The summed E-state index contributed by atoms with van der Waals surface area (Å²) in [7, 11) is -2.18. The quantitative estimate of drug-likeness (QED) is 0.496. The number of hydrogen-bond donors (Lipinski definition) is 2. The summed E-state index contributed by atoms with van der Waals surface area (Å²) in [5.41, 5.74) is 3.56. The predicted octanol–water partition coefficient (Wildman–Crippen LogP) is 3.88. The van der Waals surface area contributed by atoms with Crippen molar-refractivity contribution in [2.75, 3.05) is 36.3 Å². The van der Waals surface area contributed by atoms with Gasteiger partial charge in [-0.1, -0.05) is 25.1 Å². The highest BCUT2D eigenvalue weighted by Crippen LogP contribution is 2.37. The normalized spacial score (nSPS) is 15.6. The fraction of sp³-hybridized carbons (Fsp3) is 0.333. The van der Waals surface area contributed by atoms with E-state index in [2.05, 4.69) is 22.5 Å². The van der Waals surface area contributed by atoms with Gasteiger partial charge in [-0.2, -0.15) is 0 Å². The van der Waals surface area contributed by atoms with Crippen molar-refractivity contribution in [1.82, 2.24) is 10.2 Å². The lowest BCUT2D eigenvalue weighted by molar-refractivity contribution is 0.0962. The largest absolute Gasteiger partial charge is 0.355 e. The molecule has 2 amide bonds. The summed E-state index contributed by atoms with van der Waals surface area (Å²) in [4.78, 5) is 29.3. The van der Waals surface area contributed by atoms with Gasteiger partial charge in [0.1, 0.15) is 5.00 Å². The molecule has 2 aliphatic rings.